The van der Waals surface area contributed by atoms with E-state index in [1.807, 2.05) is 6.92 Å². The zero-order valence-corrected chi connectivity index (χ0v) is 13.8. The molecule has 0 fully saturated rings. The molecule has 0 unspecified atom stereocenters. The predicted molar refractivity (Wildman–Crippen MR) is 81.5 cm³/mol. The summed E-state index contributed by atoms with van der Waals surface area (Å²) in [5.74, 6) is 0. The van der Waals surface area contributed by atoms with E-state index in [4.69, 9.17) is 11.6 Å². The van der Waals surface area contributed by atoms with Gasteiger partial charge in [0.25, 0.3) is 10.0 Å². The number of halogens is 2. The van der Waals surface area contributed by atoms with E-state index in [-0.39, 0.29) is 15.0 Å². The maximum Gasteiger partial charge on any atom is 0.271 e. The number of hydrogen-bond acceptors (Lipinski definition) is 4. The van der Waals surface area contributed by atoms with Gasteiger partial charge in [-0.05, 0) is 40.5 Å². The molecule has 0 aromatic carbocycles. The Balaban J connectivity index is 2.33. The number of anilines is 1. The zero-order chi connectivity index (χ0) is 14.0. The maximum absolute atomic E-state index is 12.2. The summed E-state index contributed by atoms with van der Waals surface area (Å²) < 4.78 is 27.7. The molecule has 0 aliphatic carbocycles. The van der Waals surface area contributed by atoms with Crippen molar-refractivity contribution in [3.8, 4) is 0 Å². The Labute approximate surface area is 129 Å². The molecule has 2 rings (SSSR count). The van der Waals surface area contributed by atoms with Crippen LogP contribution in [0.5, 0.6) is 0 Å². The molecular formula is C11H10BrClN2O2S2. The molecule has 0 aliphatic rings. The Morgan fingerprint density at radius 3 is 2.84 bits per heavy atom. The lowest BCUT2D eigenvalue weighted by Gasteiger charge is -2.07. The van der Waals surface area contributed by atoms with Gasteiger partial charge in [-0.3, -0.25) is 4.72 Å². The van der Waals surface area contributed by atoms with Gasteiger partial charge in [-0.15, -0.1) is 11.3 Å². The van der Waals surface area contributed by atoms with Crippen LogP contribution in [-0.4, -0.2) is 13.4 Å². The largest absolute Gasteiger partial charge is 0.276 e. The third-order valence-electron chi connectivity index (χ3n) is 2.30. The summed E-state index contributed by atoms with van der Waals surface area (Å²) in [6, 6.07) is 4.96. The normalized spacial score (nSPS) is 11.5. The standard InChI is InChI=1S/C11H10BrClN2O2S2/c1-2-8-3-4-10(18-8)19(16,17)15-9-5-7(12)6-14-11(9)13/h3-6,15H,2H2,1H3. The highest BCUT2D eigenvalue weighted by Crippen LogP contribution is 2.28. The first-order valence-electron chi connectivity index (χ1n) is 5.35. The summed E-state index contributed by atoms with van der Waals surface area (Å²) in [6.45, 7) is 1.98. The molecular weight excluding hydrogens is 372 g/mol. The quantitative estimate of drug-likeness (QED) is 0.817. The third kappa shape index (κ3) is 3.47. The molecule has 0 saturated heterocycles. The van der Waals surface area contributed by atoms with Crippen LogP contribution in [0.15, 0.2) is 33.1 Å². The third-order valence-corrected chi connectivity index (χ3v) is 6.12. The van der Waals surface area contributed by atoms with E-state index in [0.717, 1.165) is 11.3 Å². The molecule has 0 atom stereocenters. The molecule has 0 aliphatic heterocycles. The fraction of sp³-hybridized carbons (Fsp3) is 0.182. The van der Waals surface area contributed by atoms with Gasteiger partial charge in [0.15, 0.2) is 5.15 Å². The van der Waals surface area contributed by atoms with E-state index in [1.54, 1.807) is 18.2 Å². The fourth-order valence-corrected chi connectivity index (χ4v) is 4.27. The van der Waals surface area contributed by atoms with Crippen LogP contribution in [0.1, 0.15) is 11.8 Å². The monoisotopic (exact) mass is 380 g/mol. The van der Waals surface area contributed by atoms with Crippen LogP contribution in [0.4, 0.5) is 5.69 Å². The summed E-state index contributed by atoms with van der Waals surface area (Å²) in [5.41, 5.74) is 0.252. The van der Waals surface area contributed by atoms with Gasteiger partial charge in [-0.2, -0.15) is 0 Å². The van der Waals surface area contributed by atoms with E-state index in [1.165, 1.54) is 17.5 Å². The number of nitrogens with one attached hydrogen (secondary N) is 1. The van der Waals surface area contributed by atoms with Crippen molar-refractivity contribution < 1.29 is 8.42 Å². The van der Waals surface area contributed by atoms with Gasteiger partial charge in [0, 0.05) is 15.5 Å². The second kappa shape index (κ2) is 5.78. The Kier molecular flexibility index (Phi) is 4.50. The molecule has 102 valence electrons. The molecule has 4 nitrogen and oxygen atoms in total. The van der Waals surface area contributed by atoms with Crippen molar-refractivity contribution in [2.75, 3.05) is 4.72 Å². The first kappa shape index (κ1) is 14.8. The van der Waals surface area contributed by atoms with E-state index < -0.39 is 10.0 Å². The average Bonchev–Trinajstić information content (AvgIpc) is 2.83. The molecule has 0 saturated carbocycles. The smallest absolute Gasteiger partial charge is 0.271 e. The van der Waals surface area contributed by atoms with Crippen molar-refractivity contribution in [2.24, 2.45) is 0 Å². The van der Waals surface area contributed by atoms with Crippen molar-refractivity contribution in [3.63, 3.8) is 0 Å². The van der Waals surface area contributed by atoms with Crippen LogP contribution < -0.4 is 4.72 Å². The number of rotatable bonds is 4. The van der Waals surface area contributed by atoms with Crippen molar-refractivity contribution in [3.05, 3.63) is 38.9 Å². The zero-order valence-electron chi connectivity index (χ0n) is 9.85. The Morgan fingerprint density at radius 2 is 2.21 bits per heavy atom. The molecule has 0 spiro atoms. The first-order chi connectivity index (χ1) is 8.92. The molecule has 0 amide bonds. The van der Waals surface area contributed by atoms with Crippen LogP contribution in [0, 0.1) is 0 Å². The second-order valence-electron chi connectivity index (χ2n) is 3.67. The minimum Gasteiger partial charge on any atom is -0.276 e. The molecule has 0 radical (unpaired) electrons. The van der Waals surface area contributed by atoms with E-state index >= 15 is 0 Å². The average molecular weight is 382 g/mol. The summed E-state index contributed by atoms with van der Waals surface area (Å²) >= 11 is 10.3. The van der Waals surface area contributed by atoms with Crippen LogP contribution in [-0.2, 0) is 16.4 Å². The second-order valence-corrected chi connectivity index (χ2v) is 8.02. The number of pyridine rings is 1. The Morgan fingerprint density at radius 1 is 1.47 bits per heavy atom. The molecule has 8 heteroatoms. The van der Waals surface area contributed by atoms with Gasteiger partial charge < -0.3 is 0 Å². The van der Waals surface area contributed by atoms with Crippen LogP contribution in [0.25, 0.3) is 0 Å². The molecule has 2 heterocycles. The highest BCUT2D eigenvalue weighted by Gasteiger charge is 2.18. The SMILES string of the molecule is CCc1ccc(S(=O)(=O)Nc2cc(Br)cnc2Cl)s1. The maximum atomic E-state index is 12.2. The molecule has 19 heavy (non-hydrogen) atoms. The highest BCUT2D eigenvalue weighted by molar-refractivity contribution is 9.10. The number of sulfonamides is 1. The van der Waals surface area contributed by atoms with Crippen molar-refractivity contribution in [1.29, 1.82) is 0 Å². The van der Waals surface area contributed by atoms with E-state index in [9.17, 15) is 8.42 Å². The molecule has 1 N–H and O–H groups in total. The van der Waals surface area contributed by atoms with Gasteiger partial charge >= 0.3 is 0 Å². The minimum atomic E-state index is -3.62. The highest BCUT2D eigenvalue weighted by atomic mass is 79.9. The minimum absolute atomic E-state index is 0.110. The number of hydrogen-bond donors (Lipinski definition) is 1. The van der Waals surface area contributed by atoms with Gasteiger partial charge in [0.1, 0.15) is 4.21 Å². The van der Waals surface area contributed by atoms with Crippen molar-refractivity contribution in [2.45, 2.75) is 17.6 Å². The molecule has 0 bridgehead atoms. The summed E-state index contributed by atoms with van der Waals surface area (Å²) in [4.78, 5) is 4.89. The number of thiophene rings is 1. The van der Waals surface area contributed by atoms with Crippen LogP contribution in [0.2, 0.25) is 5.15 Å². The first-order valence-corrected chi connectivity index (χ1v) is 8.82. The summed E-state index contributed by atoms with van der Waals surface area (Å²) in [5, 5.41) is 0.110. The van der Waals surface area contributed by atoms with Gasteiger partial charge in [0.2, 0.25) is 0 Å². The van der Waals surface area contributed by atoms with Crippen molar-refractivity contribution >= 4 is 54.6 Å². The topological polar surface area (TPSA) is 59.1 Å². The van der Waals surface area contributed by atoms with Crippen LogP contribution in [0.3, 0.4) is 0 Å². The van der Waals surface area contributed by atoms with E-state index in [0.29, 0.717) is 4.47 Å². The van der Waals surface area contributed by atoms with Gasteiger partial charge in [0.05, 0.1) is 5.69 Å². The molecule has 2 aromatic heterocycles. The summed E-state index contributed by atoms with van der Waals surface area (Å²) in [6.07, 6.45) is 2.31. The lowest BCUT2D eigenvalue weighted by atomic mass is 10.4. The van der Waals surface area contributed by atoms with Gasteiger partial charge in [-0.1, -0.05) is 18.5 Å². The van der Waals surface area contributed by atoms with Crippen LogP contribution >= 0.6 is 38.9 Å². The number of nitrogens with zero attached hydrogens (tertiary/aromatic N) is 1. The lowest BCUT2D eigenvalue weighted by molar-refractivity contribution is 0.603. The van der Waals surface area contributed by atoms with Crippen molar-refractivity contribution in [1.82, 2.24) is 4.98 Å². The Hall–Kier alpha value is -0.630. The number of aryl methyl sites for hydroxylation is 1. The Bertz CT molecular complexity index is 700. The fourth-order valence-electron chi connectivity index (χ4n) is 1.38. The summed E-state index contributed by atoms with van der Waals surface area (Å²) in [7, 11) is -3.62. The number of aromatic nitrogens is 1. The molecule has 2 aromatic rings. The van der Waals surface area contributed by atoms with E-state index in [2.05, 4.69) is 25.6 Å². The predicted octanol–water partition coefficient (Wildman–Crippen LogP) is 3.92. The lowest BCUT2D eigenvalue weighted by Crippen LogP contribution is -2.12. The van der Waals surface area contributed by atoms with Gasteiger partial charge in [-0.25, -0.2) is 13.4 Å².